The molecule has 0 saturated carbocycles. The molecule has 0 aromatic heterocycles. The molecule has 0 amide bonds. The van der Waals surface area contributed by atoms with E-state index in [1.165, 1.54) is 0 Å². The van der Waals surface area contributed by atoms with Crippen molar-refractivity contribution >= 4 is 11.5 Å². The van der Waals surface area contributed by atoms with Crippen molar-refractivity contribution in [3.63, 3.8) is 0 Å². The number of hydrogen-bond donors (Lipinski definition) is 1. The first-order chi connectivity index (χ1) is 14.5. The Morgan fingerprint density at radius 1 is 1.20 bits per heavy atom. The van der Waals surface area contributed by atoms with Crippen molar-refractivity contribution in [3.05, 3.63) is 82.3 Å². The summed E-state index contributed by atoms with van der Waals surface area (Å²) in [6.07, 6.45) is 2.03. The van der Waals surface area contributed by atoms with Gasteiger partial charge in [0.05, 0.1) is 24.2 Å². The van der Waals surface area contributed by atoms with Crippen molar-refractivity contribution in [1.82, 2.24) is 0 Å². The molecule has 5 heteroatoms. The Kier molecular flexibility index (Phi) is 5.33. The van der Waals surface area contributed by atoms with Crippen molar-refractivity contribution < 1.29 is 9.53 Å². The number of nitrogens with two attached hydrogens (primary N) is 1. The second-order valence-corrected chi connectivity index (χ2v) is 7.66. The predicted molar refractivity (Wildman–Crippen MR) is 117 cm³/mol. The first-order valence-corrected chi connectivity index (χ1v) is 10.3. The van der Waals surface area contributed by atoms with Gasteiger partial charge in [0.1, 0.15) is 11.6 Å². The van der Waals surface area contributed by atoms with Gasteiger partial charge in [-0.05, 0) is 62.1 Å². The molecular formula is C25H25N3O2. The molecule has 1 atom stereocenters. The van der Waals surface area contributed by atoms with Gasteiger partial charge >= 0.3 is 0 Å². The largest absolute Gasteiger partial charge is 0.494 e. The molecule has 4 rings (SSSR count). The number of carbonyl (C=O) groups excluding carboxylic acids is 1. The molecule has 0 saturated heterocycles. The van der Waals surface area contributed by atoms with Gasteiger partial charge < -0.3 is 10.5 Å². The molecule has 152 valence electrons. The van der Waals surface area contributed by atoms with E-state index >= 15 is 0 Å². The van der Waals surface area contributed by atoms with E-state index in [1.54, 1.807) is 0 Å². The highest BCUT2D eigenvalue weighted by atomic mass is 16.5. The summed E-state index contributed by atoms with van der Waals surface area (Å²) in [6, 6.07) is 17.9. The van der Waals surface area contributed by atoms with Crippen LogP contribution in [0.1, 0.15) is 43.2 Å². The molecule has 0 spiro atoms. The van der Waals surface area contributed by atoms with Crippen molar-refractivity contribution in [2.45, 2.75) is 39.0 Å². The lowest BCUT2D eigenvalue weighted by molar-refractivity contribution is -0.116. The van der Waals surface area contributed by atoms with Crippen LogP contribution in [0.3, 0.4) is 0 Å². The average molecular weight is 399 g/mol. The normalized spacial score (nSPS) is 18.9. The number of aryl methyl sites for hydroxylation is 1. The van der Waals surface area contributed by atoms with E-state index in [2.05, 4.69) is 6.07 Å². The van der Waals surface area contributed by atoms with Crippen LogP contribution in [0, 0.1) is 18.3 Å². The van der Waals surface area contributed by atoms with Gasteiger partial charge in [-0.3, -0.25) is 9.69 Å². The third-order valence-corrected chi connectivity index (χ3v) is 5.70. The SMILES string of the molecule is CCOc1ccc([C@@H]2C(C#N)=C(N)N(c3cccc(C)c3)C3=C2C(=O)CCC3)cc1. The van der Waals surface area contributed by atoms with Crippen LogP contribution in [0.15, 0.2) is 71.2 Å². The summed E-state index contributed by atoms with van der Waals surface area (Å²) >= 11 is 0. The minimum absolute atomic E-state index is 0.0908. The number of Topliss-reactive ketones (excluding diaryl/α,β-unsaturated/α-hetero) is 1. The first-order valence-electron chi connectivity index (χ1n) is 10.3. The summed E-state index contributed by atoms with van der Waals surface area (Å²) in [6.45, 7) is 4.53. The van der Waals surface area contributed by atoms with Gasteiger partial charge in [0, 0.05) is 23.4 Å². The highest BCUT2D eigenvalue weighted by Crippen LogP contribution is 2.46. The van der Waals surface area contributed by atoms with Crippen molar-refractivity contribution in [3.8, 4) is 11.8 Å². The third kappa shape index (κ3) is 3.35. The number of anilines is 1. The van der Waals surface area contributed by atoms with Crippen LogP contribution in [0.25, 0.3) is 0 Å². The molecule has 0 fully saturated rings. The Morgan fingerprint density at radius 3 is 2.63 bits per heavy atom. The van der Waals surface area contributed by atoms with Gasteiger partial charge in [-0.15, -0.1) is 0 Å². The Hall–Kier alpha value is -3.52. The molecule has 1 aliphatic carbocycles. The molecule has 0 unspecified atom stereocenters. The quantitative estimate of drug-likeness (QED) is 0.806. The topological polar surface area (TPSA) is 79.3 Å². The van der Waals surface area contributed by atoms with Gasteiger partial charge in [0.25, 0.3) is 0 Å². The van der Waals surface area contributed by atoms with Gasteiger partial charge in [0.15, 0.2) is 5.78 Å². The van der Waals surface area contributed by atoms with Crippen molar-refractivity contribution in [1.29, 1.82) is 5.26 Å². The number of nitrogens with zero attached hydrogens (tertiary/aromatic N) is 2. The molecule has 1 heterocycles. The number of hydrogen-bond acceptors (Lipinski definition) is 5. The Balaban J connectivity index is 1.90. The molecule has 1 aliphatic heterocycles. The number of carbonyl (C=O) groups is 1. The van der Waals surface area contributed by atoms with E-state index < -0.39 is 5.92 Å². The van der Waals surface area contributed by atoms with E-state index in [1.807, 2.05) is 67.3 Å². The van der Waals surface area contributed by atoms with E-state index in [-0.39, 0.29) is 5.78 Å². The summed E-state index contributed by atoms with van der Waals surface area (Å²) in [5.41, 5.74) is 11.5. The molecule has 0 radical (unpaired) electrons. The predicted octanol–water partition coefficient (Wildman–Crippen LogP) is 4.70. The zero-order valence-electron chi connectivity index (χ0n) is 17.3. The van der Waals surface area contributed by atoms with Crippen LogP contribution < -0.4 is 15.4 Å². The smallest absolute Gasteiger partial charge is 0.161 e. The molecular weight excluding hydrogens is 374 g/mol. The fourth-order valence-electron chi connectivity index (χ4n) is 4.40. The number of nitriles is 1. The summed E-state index contributed by atoms with van der Waals surface area (Å²) in [5, 5.41) is 10.1. The average Bonchev–Trinajstić information content (AvgIpc) is 2.74. The summed E-state index contributed by atoms with van der Waals surface area (Å²) in [7, 11) is 0. The van der Waals surface area contributed by atoms with E-state index in [9.17, 15) is 10.1 Å². The molecule has 2 aromatic carbocycles. The van der Waals surface area contributed by atoms with Crippen LogP contribution in [0.2, 0.25) is 0 Å². The molecule has 2 aliphatic rings. The number of ether oxygens (including phenoxy) is 1. The van der Waals surface area contributed by atoms with Crippen LogP contribution in [-0.2, 0) is 4.79 Å². The lowest BCUT2D eigenvalue weighted by Crippen LogP contribution is -2.38. The number of benzene rings is 2. The monoisotopic (exact) mass is 399 g/mol. The molecule has 30 heavy (non-hydrogen) atoms. The van der Waals surface area contributed by atoms with Crippen molar-refractivity contribution in [2.24, 2.45) is 5.73 Å². The minimum Gasteiger partial charge on any atom is -0.494 e. The number of ketones is 1. The Morgan fingerprint density at radius 2 is 1.97 bits per heavy atom. The minimum atomic E-state index is -0.450. The second-order valence-electron chi connectivity index (χ2n) is 7.66. The maximum Gasteiger partial charge on any atom is 0.161 e. The highest BCUT2D eigenvalue weighted by molar-refractivity contribution is 6.01. The van der Waals surface area contributed by atoms with E-state index in [0.29, 0.717) is 30.0 Å². The lowest BCUT2D eigenvalue weighted by atomic mass is 9.75. The maximum absolute atomic E-state index is 13.1. The van der Waals surface area contributed by atoms with Crippen LogP contribution in [0.5, 0.6) is 5.75 Å². The van der Waals surface area contributed by atoms with Crippen LogP contribution in [0.4, 0.5) is 5.69 Å². The van der Waals surface area contributed by atoms with Gasteiger partial charge in [-0.1, -0.05) is 24.3 Å². The van der Waals surface area contributed by atoms with Gasteiger partial charge in [-0.25, -0.2) is 0 Å². The highest BCUT2D eigenvalue weighted by Gasteiger charge is 2.40. The van der Waals surface area contributed by atoms with Gasteiger partial charge in [-0.2, -0.15) is 5.26 Å². The fourth-order valence-corrected chi connectivity index (χ4v) is 4.40. The summed E-state index contributed by atoms with van der Waals surface area (Å²) < 4.78 is 5.55. The summed E-state index contributed by atoms with van der Waals surface area (Å²) in [5.74, 6) is 0.802. The first kappa shape index (κ1) is 19.8. The third-order valence-electron chi connectivity index (χ3n) is 5.70. The number of allylic oxidation sites excluding steroid dienone is 3. The molecule has 5 nitrogen and oxygen atoms in total. The van der Waals surface area contributed by atoms with Crippen molar-refractivity contribution in [2.75, 3.05) is 11.5 Å². The molecule has 2 aromatic rings. The van der Waals surface area contributed by atoms with E-state index in [4.69, 9.17) is 10.5 Å². The molecule has 0 bridgehead atoms. The fraction of sp³-hybridized carbons (Fsp3) is 0.280. The Labute approximate surface area is 177 Å². The lowest BCUT2D eigenvalue weighted by Gasteiger charge is -2.39. The van der Waals surface area contributed by atoms with Crippen LogP contribution in [-0.4, -0.2) is 12.4 Å². The Bertz CT molecular complexity index is 1090. The maximum atomic E-state index is 13.1. The van der Waals surface area contributed by atoms with E-state index in [0.717, 1.165) is 41.1 Å². The van der Waals surface area contributed by atoms with Gasteiger partial charge in [0.2, 0.25) is 0 Å². The molecule has 2 N–H and O–H groups in total. The number of rotatable bonds is 4. The zero-order valence-corrected chi connectivity index (χ0v) is 17.3. The second kappa shape index (κ2) is 8.08. The summed E-state index contributed by atoms with van der Waals surface area (Å²) in [4.78, 5) is 15.0. The standard InChI is InChI=1S/C25H25N3O2/c1-3-30-19-12-10-17(11-13-19)23-20(15-26)25(27)28(18-7-4-6-16(2)14-18)21-8-5-9-22(29)24(21)23/h4,6-7,10-14,23H,3,5,8-9,27H2,1-2H3/t23-/m1/s1. The zero-order chi connectivity index (χ0) is 21.3. The van der Waals surface area contributed by atoms with Crippen LogP contribution >= 0.6 is 0 Å².